The Kier molecular flexibility index (Phi) is 4.86. The Morgan fingerprint density at radius 3 is 2.52 bits per heavy atom. The van der Waals surface area contributed by atoms with E-state index < -0.39 is 18.6 Å². The van der Waals surface area contributed by atoms with Crippen molar-refractivity contribution in [2.75, 3.05) is 0 Å². The molecule has 4 nitrogen and oxygen atoms in total. The van der Waals surface area contributed by atoms with Crippen molar-refractivity contribution in [3.8, 4) is 11.8 Å². The molecule has 0 radical (unpaired) electrons. The Labute approximate surface area is 121 Å². The molecule has 3 atom stereocenters. The SMILES string of the molecule is CC1CCC(C(=O)C(C#N)c2ccc(OC(F)F)cc2)O1. The van der Waals surface area contributed by atoms with Crippen molar-refractivity contribution in [1.82, 2.24) is 0 Å². The van der Waals surface area contributed by atoms with Crippen molar-refractivity contribution in [3.05, 3.63) is 29.8 Å². The van der Waals surface area contributed by atoms with Gasteiger partial charge < -0.3 is 9.47 Å². The van der Waals surface area contributed by atoms with E-state index >= 15 is 0 Å². The van der Waals surface area contributed by atoms with Gasteiger partial charge in [0, 0.05) is 0 Å². The minimum atomic E-state index is -2.90. The van der Waals surface area contributed by atoms with Crippen LogP contribution in [-0.4, -0.2) is 24.6 Å². The molecule has 1 saturated heterocycles. The summed E-state index contributed by atoms with van der Waals surface area (Å²) in [6.07, 6.45) is 0.835. The molecule has 0 bridgehead atoms. The molecule has 3 unspecified atom stereocenters. The highest BCUT2D eigenvalue weighted by molar-refractivity contribution is 5.92. The second-order valence-corrected chi connectivity index (χ2v) is 4.92. The summed E-state index contributed by atoms with van der Waals surface area (Å²) < 4.78 is 33.8. The normalized spacial score (nSPS) is 22.8. The van der Waals surface area contributed by atoms with E-state index in [-0.39, 0.29) is 17.6 Å². The van der Waals surface area contributed by atoms with Crippen molar-refractivity contribution in [3.63, 3.8) is 0 Å². The molecule has 0 saturated carbocycles. The number of benzene rings is 1. The summed E-state index contributed by atoms with van der Waals surface area (Å²) in [6, 6.07) is 7.48. The second-order valence-electron chi connectivity index (χ2n) is 4.92. The summed E-state index contributed by atoms with van der Waals surface area (Å²) >= 11 is 0. The van der Waals surface area contributed by atoms with Crippen molar-refractivity contribution in [1.29, 1.82) is 5.26 Å². The fourth-order valence-electron chi connectivity index (χ4n) is 2.34. The standard InChI is InChI=1S/C15H15F2NO3/c1-9-2-7-13(20-9)14(19)12(8-18)10-3-5-11(6-4-10)21-15(16)17/h3-6,9,12-13,15H,2,7H2,1H3. The van der Waals surface area contributed by atoms with E-state index in [2.05, 4.69) is 4.74 Å². The highest BCUT2D eigenvalue weighted by Crippen LogP contribution is 2.27. The van der Waals surface area contributed by atoms with Gasteiger partial charge in [0.05, 0.1) is 12.2 Å². The van der Waals surface area contributed by atoms with Crippen LogP contribution in [0.1, 0.15) is 31.2 Å². The Morgan fingerprint density at radius 2 is 2.05 bits per heavy atom. The number of alkyl halides is 2. The van der Waals surface area contributed by atoms with Gasteiger partial charge in [0.1, 0.15) is 17.8 Å². The van der Waals surface area contributed by atoms with Crippen LogP contribution in [-0.2, 0) is 9.53 Å². The molecule has 1 fully saturated rings. The molecule has 0 amide bonds. The third-order valence-corrected chi connectivity index (χ3v) is 3.40. The van der Waals surface area contributed by atoms with E-state index in [1.807, 2.05) is 13.0 Å². The molecule has 1 aromatic carbocycles. The van der Waals surface area contributed by atoms with Gasteiger partial charge in [-0.2, -0.15) is 14.0 Å². The summed E-state index contributed by atoms with van der Waals surface area (Å²) in [7, 11) is 0. The van der Waals surface area contributed by atoms with Gasteiger partial charge in [-0.15, -0.1) is 0 Å². The first-order valence-electron chi connectivity index (χ1n) is 6.65. The van der Waals surface area contributed by atoms with Gasteiger partial charge in [0.15, 0.2) is 5.78 Å². The molecule has 0 N–H and O–H groups in total. The maximum atomic E-state index is 12.3. The van der Waals surface area contributed by atoms with Crippen LogP contribution < -0.4 is 4.74 Å². The molecule has 6 heteroatoms. The lowest BCUT2D eigenvalue weighted by atomic mass is 9.92. The zero-order valence-electron chi connectivity index (χ0n) is 11.5. The van der Waals surface area contributed by atoms with Crippen LogP contribution in [0, 0.1) is 11.3 Å². The summed E-state index contributed by atoms with van der Waals surface area (Å²) in [4.78, 5) is 12.3. The highest BCUT2D eigenvalue weighted by Gasteiger charge is 2.33. The largest absolute Gasteiger partial charge is 0.435 e. The van der Waals surface area contributed by atoms with Gasteiger partial charge in [0.25, 0.3) is 0 Å². The van der Waals surface area contributed by atoms with Gasteiger partial charge >= 0.3 is 6.61 Å². The Morgan fingerprint density at radius 1 is 1.38 bits per heavy atom. The number of hydrogen-bond donors (Lipinski definition) is 0. The minimum absolute atomic E-state index is 0.0105. The minimum Gasteiger partial charge on any atom is -0.435 e. The number of Topliss-reactive ketones (excluding diaryl/α,β-unsaturated/α-hetero) is 1. The summed E-state index contributed by atoms with van der Waals surface area (Å²) in [5.74, 6) is -1.26. The average molecular weight is 295 g/mol. The molecule has 0 aliphatic carbocycles. The van der Waals surface area contributed by atoms with E-state index in [0.29, 0.717) is 12.0 Å². The van der Waals surface area contributed by atoms with Crippen LogP contribution in [0.3, 0.4) is 0 Å². The highest BCUT2D eigenvalue weighted by atomic mass is 19.3. The molecule has 1 heterocycles. The zero-order valence-corrected chi connectivity index (χ0v) is 11.5. The molecule has 0 aromatic heterocycles. The lowest BCUT2D eigenvalue weighted by molar-refractivity contribution is -0.129. The Hall–Kier alpha value is -2.00. The molecule has 2 rings (SSSR count). The first kappa shape index (κ1) is 15.4. The van der Waals surface area contributed by atoms with Gasteiger partial charge in [-0.1, -0.05) is 12.1 Å². The number of ether oxygens (including phenoxy) is 2. The summed E-state index contributed by atoms with van der Waals surface area (Å²) in [5.41, 5.74) is 0.451. The smallest absolute Gasteiger partial charge is 0.387 e. The van der Waals surface area contributed by atoms with Crippen LogP contribution in [0.2, 0.25) is 0 Å². The van der Waals surface area contributed by atoms with Gasteiger partial charge in [-0.05, 0) is 37.5 Å². The molecule has 1 aromatic rings. The predicted molar refractivity (Wildman–Crippen MR) is 70.0 cm³/mol. The average Bonchev–Trinajstić information content (AvgIpc) is 2.87. The number of hydrogen-bond acceptors (Lipinski definition) is 4. The number of ketones is 1. The van der Waals surface area contributed by atoms with Crippen LogP contribution in [0.4, 0.5) is 8.78 Å². The number of carbonyl (C=O) groups excluding carboxylic acids is 1. The number of nitriles is 1. The van der Waals surface area contributed by atoms with Crippen molar-refractivity contribution < 1.29 is 23.0 Å². The van der Waals surface area contributed by atoms with E-state index in [9.17, 15) is 18.8 Å². The molecule has 112 valence electrons. The first-order chi connectivity index (χ1) is 10.0. The molecule has 1 aliphatic heterocycles. The summed E-state index contributed by atoms with van der Waals surface area (Å²) in [6.45, 7) is -1.02. The third kappa shape index (κ3) is 3.76. The third-order valence-electron chi connectivity index (χ3n) is 3.40. The fourth-order valence-corrected chi connectivity index (χ4v) is 2.34. The molecular formula is C15H15F2NO3. The molecular weight excluding hydrogens is 280 g/mol. The maximum Gasteiger partial charge on any atom is 0.387 e. The Bertz CT molecular complexity index is 539. The fraction of sp³-hybridized carbons (Fsp3) is 0.467. The molecule has 1 aliphatic rings. The van der Waals surface area contributed by atoms with Crippen LogP contribution in [0.25, 0.3) is 0 Å². The first-order valence-corrected chi connectivity index (χ1v) is 6.65. The lowest BCUT2D eigenvalue weighted by Crippen LogP contribution is -2.26. The van der Waals surface area contributed by atoms with Crippen molar-refractivity contribution in [2.24, 2.45) is 0 Å². The van der Waals surface area contributed by atoms with E-state index in [1.165, 1.54) is 24.3 Å². The number of carbonyl (C=O) groups is 1. The predicted octanol–water partition coefficient (Wildman–Crippen LogP) is 3.03. The lowest BCUT2D eigenvalue weighted by Gasteiger charge is -2.15. The molecule has 21 heavy (non-hydrogen) atoms. The topological polar surface area (TPSA) is 59.3 Å². The zero-order chi connectivity index (χ0) is 15.4. The van der Waals surface area contributed by atoms with E-state index in [0.717, 1.165) is 6.42 Å². The van der Waals surface area contributed by atoms with E-state index in [1.54, 1.807) is 0 Å². The Balaban J connectivity index is 2.10. The molecule has 0 spiro atoms. The second kappa shape index (κ2) is 6.64. The van der Waals surface area contributed by atoms with Crippen LogP contribution in [0.5, 0.6) is 5.75 Å². The monoisotopic (exact) mass is 295 g/mol. The van der Waals surface area contributed by atoms with Crippen molar-refractivity contribution in [2.45, 2.75) is 44.5 Å². The quantitative estimate of drug-likeness (QED) is 0.837. The van der Waals surface area contributed by atoms with Gasteiger partial charge in [0.2, 0.25) is 0 Å². The van der Waals surface area contributed by atoms with Gasteiger partial charge in [-0.25, -0.2) is 0 Å². The van der Waals surface area contributed by atoms with Crippen LogP contribution in [0.15, 0.2) is 24.3 Å². The van der Waals surface area contributed by atoms with Crippen LogP contribution >= 0.6 is 0 Å². The number of halogens is 2. The van der Waals surface area contributed by atoms with Gasteiger partial charge in [-0.3, -0.25) is 4.79 Å². The van der Waals surface area contributed by atoms with Crippen molar-refractivity contribution >= 4 is 5.78 Å². The maximum absolute atomic E-state index is 12.3. The van der Waals surface area contributed by atoms with E-state index in [4.69, 9.17) is 4.74 Å². The number of rotatable bonds is 5. The number of nitrogens with zero attached hydrogens (tertiary/aromatic N) is 1. The summed E-state index contributed by atoms with van der Waals surface area (Å²) in [5, 5.41) is 9.21.